The summed E-state index contributed by atoms with van der Waals surface area (Å²) in [4.78, 5) is 26.1. The maximum Gasteiger partial charge on any atom is 0.313 e. The minimum Gasteiger partial charge on any atom is -0.481 e. The molecule has 2 aromatic rings. The van der Waals surface area contributed by atoms with Crippen LogP contribution >= 0.6 is 0 Å². The molecule has 1 unspecified atom stereocenters. The molecule has 108 valence electrons. The van der Waals surface area contributed by atoms with Crippen LogP contribution < -0.4 is 0 Å². The summed E-state index contributed by atoms with van der Waals surface area (Å²) in [5, 5.41) is 20.5. The van der Waals surface area contributed by atoms with Crippen molar-refractivity contribution in [1.29, 1.82) is 0 Å². The van der Waals surface area contributed by atoms with E-state index in [0.29, 0.717) is 5.69 Å². The fraction of sp³-hybridized carbons (Fsp3) is 0.200. The zero-order valence-electron chi connectivity index (χ0n) is 11.4. The van der Waals surface area contributed by atoms with Gasteiger partial charge in [-0.05, 0) is 25.0 Å². The number of hydrogen-bond donors (Lipinski definition) is 1. The Hall–Kier alpha value is -2.76. The van der Waals surface area contributed by atoms with Crippen molar-refractivity contribution < 1.29 is 14.8 Å². The number of benzene rings is 1. The van der Waals surface area contributed by atoms with Crippen LogP contribution in [-0.4, -0.2) is 21.0 Å². The van der Waals surface area contributed by atoms with Gasteiger partial charge in [-0.3, -0.25) is 19.9 Å². The van der Waals surface area contributed by atoms with Crippen molar-refractivity contribution >= 4 is 11.7 Å². The molecule has 1 atom stereocenters. The first-order valence-electron chi connectivity index (χ1n) is 6.37. The third-order valence-electron chi connectivity index (χ3n) is 3.15. The molecule has 0 aliphatic carbocycles. The predicted molar refractivity (Wildman–Crippen MR) is 76.2 cm³/mol. The summed E-state index contributed by atoms with van der Waals surface area (Å²) in [6.45, 7) is 1.68. The highest BCUT2D eigenvalue weighted by molar-refractivity contribution is 5.77. The molecule has 6 nitrogen and oxygen atoms in total. The van der Waals surface area contributed by atoms with E-state index in [0.717, 1.165) is 5.56 Å². The van der Waals surface area contributed by atoms with Crippen molar-refractivity contribution in [3.05, 3.63) is 69.5 Å². The van der Waals surface area contributed by atoms with Crippen LogP contribution in [0, 0.1) is 17.0 Å². The van der Waals surface area contributed by atoms with Crippen LogP contribution in [0.4, 0.5) is 5.69 Å². The normalized spacial score (nSPS) is 11.9. The zero-order valence-corrected chi connectivity index (χ0v) is 11.4. The van der Waals surface area contributed by atoms with Crippen LogP contribution in [0.1, 0.15) is 22.9 Å². The van der Waals surface area contributed by atoms with E-state index < -0.39 is 16.8 Å². The monoisotopic (exact) mass is 286 g/mol. The van der Waals surface area contributed by atoms with Gasteiger partial charge in [0.05, 0.1) is 4.92 Å². The van der Waals surface area contributed by atoms with Crippen molar-refractivity contribution in [3.63, 3.8) is 0 Å². The number of carboxylic acid groups (broad SMARTS) is 1. The molecule has 0 aliphatic rings. The average molecular weight is 286 g/mol. The lowest BCUT2D eigenvalue weighted by molar-refractivity contribution is -0.386. The largest absolute Gasteiger partial charge is 0.481 e. The van der Waals surface area contributed by atoms with E-state index in [1.165, 1.54) is 12.1 Å². The highest BCUT2D eigenvalue weighted by Crippen LogP contribution is 2.28. The van der Waals surface area contributed by atoms with Gasteiger partial charge in [-0.2, -0.15) is 0 Å². The van der Waals surface area contributed by atoms with Crippen LogP contribution in [0.5, 0.6) is 0 Å². The van der Waals surface area contributed by atoms with Gasteiger partial charge in [0.1, 0.15) is 11.6 Å². The first-order chi connectivity index (χ1) is 9.99. The quantitative estimate of drug-likeness (QED) is 0.673. The fourth-order valence-electron chi connectivity index (χ4n) is 2.13. The number of hydrogen-bond acceptors (Lipinski definition) is 4. The molecule has 1 aromatic carbocycles. The summed E-state index contributed by atoms with van der Waals surface area (Å²) >= 11 is 0. The Balaban J connectivity index is 2.46. The Morgan fingerprint density at radius 1 is 1.29 bits per heavy atom. The lowest BCUT2D eigenvalue weighted by Gasteiger charge is -2.12. The van der Waals surface area contributed by atoms with E-state index in [1.807, 2.05) is 6.07 Å². The minimum atomic E-state index is -1.12. The molecule has 1 N–H and O–H groups in total. The van der Waals surface area contributed by atoms with Crippen molar-refractivity contribution in [2.45, 2.75) is 19.3 Å². The Labute approximate surface area is 121 Å². The van der Waals surface area contributed by atoms with Gasteiger partial charge in [-0.15, -0.1) is 0 Å². The van der Waals surface area contributed by atoms with E-state index >= 15 is 0 Å². The molecule has 0 bridgehead atoms. The molecule has 0 saturated carbocycles. The second-order valence-electron chi connectivity index (χ2n) is 4.69. The van der Waals surface area contributed by atoms with Gasteiger partial charge in [-0.1, -0.05) is 30.3 Å². The van der Waals surface area contributed by atoms with Crippen molar-refractivity contribution in [2.24, 2.45) is 0 Å². The molecule has 1 aromatic heterocycles. The van der Waals surface area contributed by atoms with E-state index in [-0.39, 0.29) is 17.8 Å². The van der Waals surface area contributed by atoms with Crippen LogP contribution in [0.3, 0.4) is 0 Å². The Bertz CT molecular complexity index is 671. The Kier molecular flexibility index (Phi) is 4.27. The number of nitro groups is 1. The molecule has 1 heterocycles. The number of carbonyl (C=O) groups is 1. The van der Waals surface area contributed by atoms with Gasteiger partial charge in [0.15, 0.2) is 0 Å². The van der Waals surface area contributed by atoms with Crippen LogP contribution in [0.25, 0.3) is 0 Å². The summed E-state index contributed by atoms with van der Waals surface area (Å²) in [6.07, 6.45) is 0.160. The second kappa shape index (κ2) is 6.13. The van der Waals surface area contributed by atoms with Crippen molar-refractivity contribution in [1.82, 2.24) is 4.98 Å². The van der Waals surface area contributed by atoms with E-state index in [9.17, 15) is 20.0 Å². The zero-order chi connectivity index (χ0) is 15.4. The molecule has 6 heteroatoms. The van der Waals surface area contributed by atoms with Gasteiger partial charge in [-0.25, -0.2) is 0 Å². The SMILES string of the molecule is Cc1ccc([N+](=O)[O-])c(C(Cc2ccccc2)C(=O)O)n1. The van der Waals surface area contributed by atoms with Gasteiger partial charge in [0.2, 0.25) is 0 Å². The summed E-state index contributed by atoms with van der Waals surface area (Å²) < 4.78 is 0. The highest BCUT2D eigenvalue weighted by Gasteiger charge is 2.29. The Morgan fingerprint density at radius 2 is 1.95 bits per heavy atom. The number of nitrogens with zero attached hydrogens (tertiary/aromatic N) is 2. The van der Waals surface area contributed by atoms with Crippen LogP contribution in [0.2, 0.25) is 0 Å². The summed E-state index contributed by atoms with van der Waals surface area (Å²) in [5.41, 5.74) is 1.08. The lowest BCUT2D eigenvalue weighted by Crippen LogP contribution is -2.18. The lowest BCUT2D eigenvalue weighted by atomic mass is 9.94. The van der Waals surface area contributed by atoms with E-state index in [2.05, 4.69) is 4.98 Å². The molecular formula is C15H14N2O4. The van der Waals surface area contributed by atoms with Crippen molar-refractivity contribution in [2.75, 3.05) is 0 Å². The maximum atomic E-state index is 11.5. The first-order valence-corrected chi connectivity index (χ1v) is 6.37. The number of carboxylic acids is 1. The number of aryl methyl sites for hydroxylation is 1. The van der Waals surface area contributed by atoms with E-state index in [4.69, 9.17) is 0 Å². The molecular weight excluding hydrogens is 272 g/mol. The average Bonchev–Trinajstić information content (AvgIpc) is 2.45. The number of aromatic nitrogens is 1. The third kappa shape index (κ3) is 3.42. The molecule has 0 aliphatic heterocycles. The summed E-state index contributed by atoms with van der Waals surface area (Å²) in [6, 6.07) is 11.8. The van der Waals surface area contributed by atoms with Crippen molar-refractivity contribution in [3.8, 4) is 0 Å². The van der Waals surface area contributed by atoms with Gasteiger partial charge in [0, 0.05) is 11.8 Å². The van der Waals surface area contributed by atoms with Crippen LogP contribution in [-0.2, 0) is 11.2 Å². The molecule has 0 saturated heterocycles. The second-order valence-corrected chi connectivity index (χ2v) is 4.69. The minimum absolute atomic E-state index is 0.00338. The third-order valence-corrected chi connectivity index (χ3v) is 3.15. The molecule has 2 rings (SSSR count). The number of aliphatic carboxylic acids is 1. The summed E-state index contributed by atoms with van der Waals surface area (Å²) in [5.74, 6) is -2.17. The standard InChI is InChI=1S/C15H14N2O4/c1-10-7-8-13(17(20)21)14(16-10)12(15(18)19)9-11-5-3-2-4-6-11/h2-8,12H,9H2,1H3,(H,18,19). The number of pyridine rings is 1. The molecule has 0 radical (unpaired) electrons. The van der Waals surface area contributed by atoms with Crippen LogP contribution in [0.15, 0.2) is 42.5 Å². The maximum absolute atomic E-state index is 11.5. The molecule has 21 heavy (non-hydrogen) atoms. The fourth-order valence-corrected chi connectivity index (χ4v) is 2.13. The molecule has 0 fully saturated rings. The van der Waals surface area contributed by atoms with Gasteiger partial charge >= 0.3 is 5.97 Å². The number of rotatable bonds is 5. The van der Waals surface area contributed by atoms with Gasteiger partial charge < -0.3 is 5.11 Å². The Morgan fingerprint density at radius 3 is 2.52 bits per heavy atom. The molecule has 0 amide bonds. The topological polar surface area (TPSA) is 93.3 Å². The predicted octanol–water partition coefficient (Wildman–Crippen LogP) is 2.71. The highest BCUT2D eigenvalue weighted by atomic mass is 16.6. The van der Waals surface area contributed by atoms with Gasteiger partial charge in [0.25, 0.3) is 5.69 Å². The van der Waals surface area contributed by atoms with E-state index in [1.54, 1.807) is 31.2 Å². The first kappa shape index (κ1) is 14.6. The molecule has 0 spiro atoms. The smallest absolute Gasteiger partial charge is 0.313 e. The summed E-state index contributed by atoms with van der Waals surface area (Å²) in [7, 11) is 0.